The van der Waals surface area contributed by atoms with Crippen molar-refractivity contribution in [2.24, 2.45) is 0 Å². The van der Waals surface area contributed by atoms with E-state index >= 15 is 0 Å². The van der Waals surface area contributed by atoms with Gasteiger partial charge in [-0.2, -0.15) is 4.98 Å². The highest BCUT2D eigenvalue weighted by atomic mass is 32.1. The molecule has 1 aliphatic rings. The van der Waals surface area contributed by atoms with E-state index in [9.17, 15) is 19.8 Å². The van der Waals surface area contributed by atoms with Crippen LogP contribution in [0, 0.1) is 0 Å². The van der Waals surface area contributed by atoms with Crippen molar-refractivity contribution >= 4 is 28.4 Å². The molecule has 0 radical (unpaired) electrons. The summed E-state index contributed by atoms with van der Waals surface area (Å²) in [6, 6.07) is 3.70. The largest absolute Gasteiger partial charge is 0.394 e. The molecule has 4 heterocycles. The number of aromatic amines is 1. The van der Waals surface area contributed by atoms with Crippen LogP contribution in [-0.4, -0.2) is 48.1 Å². The van der Waals surface area contributed by atoms with Crippen LogP contribution in [0.25, 0.3) is 11.2 Å². The zero-order valence-corrected chi connectivity index (χ0v) is 14.3. The van der Waals surface area contributed by atoms with Gasteiger partial charge >= 0.3 is 5.69 Å². The van der Waals surface area contributed by atoms with E-state index in [1.807, 2.05) is 17.5 Å². The number of aliphatic hydroxyl groups excluding tert-OH is 2. The normalized spacial score (nSPS) is 23.1. The Bertz CT molecular complexity index is 1050. The Kier molecular flexibility index (Phi) is 4.15. The van der Waals surface area contributed by atoms with Gasteiger partial charge in [0.05, 0.1) is 19.3 Å². The van der Waals surface area contributed by atoms with Crippen LogP contribution in [0.4, 0.5) is 5.95 Å². The Hall–Kier alpha value is -2.47. The second kappa shape index (κ2) is 6.36. The lowest BCUT2D eigenvalue weighted by atomic mass is 10.2. The zero-order valence-electron chi connectivity index (χ0n) is 13.5. The topological polar surface area (TPSA) is 148 Å². The number of anilines is 1. The highest BCUT2D eigenvalue weighted by molar-refractivity contribution is 7.09. The van der Waals surface area contributed by atoms with E-state index in [-0.39, 0.29) is 36.7 Å². The molecule has 0 aromatic carbocycles. The Labute approximate surface area is 150 Å². The number of hydrogen-bond acceptors (Lipinski definition) is 8. The third kappa shape index (κ3) is 2.65. The van der Waals surface area contributed by atoms with Crippen LogP contribution in [0.2, 0.25) is 0 Å². The molecule has 3 aromatic rings. The quantitative estimate of drug-likeness (QED) is 0.464. The number of fused-ring (bicyclic) bond motifs is 1. The number of rotatable bonds is 4. The lowest BCUT2D eigenvalue weighted by Crippen LogP contribution is -2.32. The van der Waals surface area contributed by atoms with E-state index in [4.69, 9.17) is 10.5 Å². The van der Waals surface area contributed by atoms with Crippen LogP contribution in [0.5, 0.6) is 0 Å². The lowest BCUT2D eigenvalue weighted by Gasteiger charge is -2.15. The first-order valence-corrected chi connectivity index (χ1v) is 8.85. The van der Waals surface area contributed by atoms with Crippen molar-refractivity contribution in [1.29, 1.82) is 0 Å². The number of hydrogen-bond donors (Lipinski definition) is 4. The van der Waals surface area contributed by atoms with E-state index in [2.05, 4.69) is 9.97 Å². The van der Waals surface area contributed by atoms with Crippen LogP contribution in [0.3, 0.4) is 0 Å². The number of aliphatic hydroxyl groups is 2. The predicted molar refractivity (Wildman–Crippen MR) is 94.1 cm³/mol. The molecule has 1 saturated heterocycles. The molecular formula is C15H17N5O5S. The minimum absolute atomic E-state index is 0.0374. The monoisotopic (exact) mass is 379 g/mol. The molecular weight excluding hydrogens is 362 g/mol. The summed E-state index contributed by atoms with van der Waals surface area (Å²) in [5.41, 5.74) is 4.65. The molecule has 11 heteroatoms. The van der Waals surface area contributed by atoms with Crippen LogP contribution in [0.1, 0.15) is 17.5 Å². The second-order valence-electron chi connectivity index (χ2n) is 6.08. The Balaban J connectivity index is 1.94. The smallest absolute Gasteiger partial charge is 0.333 e. The number of nitrogens with one attached hydrogen (secondary N) is 1. The summed E-state index contributed by atoms with van der Waals surface area (Å²) in [4.78, 5) is 32.9. The van der Waals surface area contributed by atoms with Crippen molar-refractivity contribution in [1.82, 2.24) is 19.1 Å². The van der Waals surface area contributed by atoms with Crippen LogP contribution in [0.15, 0.2) is 27.1 Å². The highest BCUT2D eigenvalue weighted by Gasteiger charge is 2.38. The van der Waals surface area contributed by atoms with Gasteiger partial charge in [-0.1, -0.05) is 6.07 Å². The number of nitrogen functional groups attached to an aromatic ring is 1. The SMILES string of the molecule is Nc1nc2c(c(=O)[nH]1)n(Cc1cccs1)c(=O)n2[C@@H]1O[C@H](CO)C[C@H]1O. The Morgan fingerprint density at radius 3 is 2.92 bits per heavy atom. The molecule has 5 N–H and O–H groups in total. The Morgan fingerprint density at radius 1 is 1.46 bits per heavy atom. The van der Waals surface area contributed by atoms with Gasteiger partial charge < -0.3 is 20.7 Å². The lowest BCUT2D eigenvalue weighted by molar-refractivity contribution is -0.0505. The van der Waals surface area contributed by atoms with Crippen LogP contribution < -0.4 is 17.0 Å². The van der Waals surface area contributed by atoms with Gasteiger partial charge in [-0.15, -0.1) is 11.3 Å². The molecule has 3 atom stereocenters. The summed E-state index contributed by atoms with van der Waals surface area (Å²) in [5, 5.41) is 21.4. The predicted octanol–water partition coefficient (Wildman–Crippen LogP) is -0.781. The summed E-state index contributed by atoms with van der Waals surface area (Å²) < 4.78 is 8.01. The fourth-order valence-corrected chi connectivity index (χ4v) is 3.91. The summed E-state index contributed by atoms with van der Waals surface area (Å²) >= 11 is 1.45. The van der Waals surface area contributed by atoms with Gasteiger partial charge in [0, 0.05) is 11.3 Å². The summed E-state index contributed by atoms with van der Waals surface area (Å²) in [6.07, 6.45) is -2.51. The minimum Gasteiger partial charge on any atom is -0.394 e. The standard InChI is InChI=1S/C15H17N5O5S/c16-14-17-11-10(12(23)18-14)19(5-8-2-1-3-26-8)15(24)20(11)13-9(22)4-7(6-21)25-13/h1-3,7,9,13,21-22H,4-6H2,(H3,16,17,18,23)/t7-,9+,13+/m0/s1. The van der Waals surface area contributed by atoms with Gasteiger partial charge in [-0.3, -0.25) is 14.3 Å². The molecule has 0 aliphatic carbocycles. The first-order valence-electron chi connectivity index (χ1n) is 7.97. The van der Waals surface area contributed by atoms with Crippen molar-refractivity contribution < 1.29 is 14.9 Å². The molecule has 138 valence electrons. The second-order valence-corrected chi connectivity index (χ2v) is 7.11. The van der Waals surface area contributed by atoms with E-state index in [0.717, 1.165) is 9.44 Å². The number of aromatic nitrogens is 4. The molecule has 0 amide bonds. The molecule has 1 aliphatic heterocycles. The van der Waals surface area contributed by atoms with Gasteiger partial charge in [0.1, 0.15) is 6.10 Å². The highest BCUT2D eigenvalue weighted by Crippen LogP contribution is 2.29. The molecule has 1 fully saturated rings. The maximum absolute atomic E-state index is 13.0. The van der Waals surface area contributed by atoms with Gasteiger partial charge in [0.2, 0.25) is 5.95 Å². The number of H-pyrrole nitrogens is 1. The average Bonchev–Trinajstić information content (AvgIpc) is 3.28. The van der Waals surface area contributed by atoms with Gasteiger partial charge in [0.15, 0.2) is 17.4 Å². The average molecular weight is 379 g/mol. The van der Waals surface area contributed by atoms with Crippen molar-refractivity contribution in [2.75, 3.05) is 12.3 Å². The summed E-state index contributed by atoms with van der Waals surface area (Å²) in [6.45, 7) is -0.104. The van der Waals surface area contributed by atoms with Crippen molar-refractivity contribution in [3.63, 3.8) is 0 Å². The molecule has 4 rings (SSSR count). The zero-order chi connectivity index (χ0) is 18.4. The third-order valence-corrected chi connectivity index (χ3v) is 5.21. The van der Waals surface area contributed by atoms with E-state index in [1.54, 1.807) is 0 Å². The molecule has 0 saturated carbocycles. The molecule has 0 spiro atoms. The molecule has 0 unspecified atom stereocenters. The van der Waals surface area contributed by atoms with Crippen molar-refractivity contribution in [3.05, 3.63) is 43.2 Å². The van der Waals surface area contributed by atoms with Gasteiger partial charge in [-0.05, 0) is 11.4 Å². The van der Waals surface area contributed by atoms with Crippen molar-refractivity contribution in [2.45, 2.75) is 31.4 Å². The molecule has 3 aromatic heterocycles. The van der Waals surface area contributed by atoms with E-state index in [0.29, 0.717) is 0 Å². The van der Waals surface area contributed by atoms with Gasteiger partial charge in [-0.25, -0.2) is 9.36 Å². The third-order valence-electron chi connectivity index (χ3n) is 4.35. The number of nitrogens with two attached hydrogens (primary N) is 1. The maximum Gasteiger partial charge on any atom is 0.333 e. The van der Waals surface area contributed by atoms with Crippen molar-refractivity contribution in [3.8, 4) is 0 Å². The minimum atomic E-state index is -1.06. The number of ether oxygens (including phenoxy) is 1. The molecule has 0 bridgehead atoms. The number of nitrogens with zero attached hydrogens (tertiary/aromatic N) is 3. The number of imidazole rings is 1. The summed E-state index contributed by atoms with van der Waals surface area (Å²) in [5.74, 6) is -0.143. The maximum atomic E-state index is 13.0. The first kappa shape index (κ1) is 17.0. The first-order chi connectivity index (χ1) is 12.5. The summed E-state index contributed by atoms with van der Waals surface area (Å²) in [7, 11) is 0. The van der Waals surface area contributed by atoms with Crippen LogP contribution >= 0.6 is 11.3 Å². The van der Waals surface area contributed by atoms with Crippen LogP contribution in [-0.2, 0) is 11.3 Å². The molecule has 26 heavy (non-hydrogen) atoms. The van der Waals surface area contributed by atoms with E-state index in [1.165, 1.54) is 15.9 Å². The fraction of sp³-hybridized carbons (Fsp3) is 0.400. The number of thiophene rings is 1. The van der Waals surface area contributed by atoms with E-state index < -0.39 is 29.7 Å². The fourth-order valence-electron chi connectivity index (χ4n) is 3.21. The Morgan fingerprint density at radius 2 is 2.27 bits per heavy atom. The molecule has 10 nitrogen and oxygen atoms in total. The van der Waals surface area contributed by atoms with Gasteiger partial charge in [0.25, 0.3) is 5.56 Å².